The van der Waals surface area contributed by atoms with E-state index in [0.717, 1.165) is 17.5 Å². The van der Waals surface area contributed by atoms with Crippen molar-refractivity contribution >= 4 is 5.91 Å². The first-order valence-corrected chi connectivity index (χ1v) is 7.65. The summed E-state index contributed by atoms with van der Waals surface area (Å²) in [6, 6.07) is 15.5. The molecule has 1 amide bonds. The molecule has 0 radical (unpaired) electrons. The third-order valence-electron chi connectivity index (χ3n) is 3.93. The van der Waals surface area contributed by atoms with Crippen LogP contribution < -0.4 is 5.32 Å². The SMILES string of the molecule is Cc1ccc(C(=O)NC(CCCO)c2ccccc2)cc1C. The fourth-order valence-corrected chi connectivity index (χ4v) is 2.43. The molecule has 2 aromatic rings. The zero-order chi connectivity index (χ0) is 15.9. The Balaban J connectivity index is 2.15. The average Bonchev–Trinajstić information content (AvgIpc) is 2.54. The van der Waals surface area contributed by atoms with E-state index in [1.165, 1.54) is 5.56 Å². The van der Waals surface area contributed by atoms with Crippen LogP contribution in [0.1, 0.15) is 45.9 Å². The van der Waals surface area contributed by atoms with Crippen molar-refractivity contribution in [2.45, 2.75) is 32.7 Å². The van der Waals surface area contributed by atoms with E-state index >= 15 is 0 Å². The lowest BCUT2D eigenvalue weighted by Gasteiger charge is -2.19. The Kier molecular flexibility index (Phi) is 5.73. The molecule has 116 valence electrons. The number of nitrogens with one attached hydrogen (secondary N) is 1. The molecule has 0 aliphatic rings. The summed E-state index contributed by atoms with van der Waals surface area (Å²) in [7, 11) is 0. The second-order valence-corrected chi connectivity index (χ2v) is 5.60. The third-order valence-corrected chi connectivity index (χ3v) is 3.93. The van der Waals surface area contributed by atoms with Crippen molar-refractivity contribution in [2.75, 3.05) is 6.61 Å². The summed E-state index contributed by atoms with van der Waals surface area (Å²) in [5, 5.41) is 12.1. The zero-order valence-electron chi connectivity index (χ0n) is 13.2. The number of benzene rings is 2. The summed E-state index contributed by atoms with van der Waals surface area (Å²) in [6.45, 7) is 4.17. The maximum Gasteiger partial charge on any atom is 0.251 e. The van der Waals surface area contributed by atoms with Crippen LogP contribution in [0.25, 0.3) is 0 Å². The minimum Gasteiger partial charge on any atom is -0.396 e. The number of rotatable bonds is 6. The number of aliphatic hydroxyl groups excluding tert-OH is 1. The van der Waals surface area contributed by atoms with Gasteiger partial charge in [-0.25, -0.2) is 0 Å². The van der Waals surface area contributed by atoms with Crippen LogP contribution in [0.2, 0.25) is 0 Å². The van der Waals surface area contributed by atoms with Gasteiger partial charge in [-0.15, -0.1) is 0 Å². The molecule has 3 nitrogen and oxygen atoms in total. The molecule has 0 aliphatic heterocycles. The van der Waals surface area contributed by atoms with E-state index in [1.807, 2.05) is 62.4 Å². The highest BCUT2D eigenvalue weighted by Gasteiger charge is 2.15. The van der Waals surface area contributed by atoms with Crippen molar-refractivity contribution in [1.29, 1.82) is 0 Å². The lowest BCUT2D eigenvalue weighted by Crippen LogP contribution is -2.28. The zero-order valence-corrected chi connectivity index (χ0v) is 13.2. The summed E-state index contributed by atoms with van der Waals surface area (Å²) in [4.78, 5) is 12.5. The molecule has 0 bridgehead atoms. The van der Waals surface area contributed by atoms with Crippen molar-refractivity contribution in [3.63, 3.8) is 0 Å². The first-order valence-electron chi connectivity index (χ1n) is 7.65. The predicted octanol–water partition coefficient (Wildman–Crippen LogP) is 3.55. The van der Waals surface area contributed by atoms with E-state index < -0.39 is 0 Å². The van der Waals surface area contributed by atoms with Crippen molar-refractivity contribution in [3.8, 4) is 0 Å². The number of hydrogen-bond donors (Lipinski definition) is 2. The van der Waals surface area contributed by atoms with Crippen molar-refractivity contribution in [1.82, 2.24) is 5.32 Å². The molecule has 0 saturated heterocycles. The molecule has 3 heteroatoms. The highest BCUT2D eigenvalue weighted by atomic mass is 16.3. The Morgan fingerprint density at radius 3 is 2.45 bits per heavy atom. The normalized spacial score (nSPS) is 12.0. The van der Waals surface area contributed by atoms with Gasteiger partial charge < -0.3 is 10.4 Å². The molecule has 1 unspecified atom stereocenters. The van der Waals surface area contributed by atoms with Gasteiger partial charge >= 0.3 is 0 Å². The van der Waals surface area contributed by atoms with Gasteiger partial charge in [0, 0.05) is 12.2 Å². The number of amides is 1. The van der Waals surface area contributed by atoms with Crippen LogP contribution in [0.15, 0.2) is 48.5 Å². The summed E-state index contributed by atoms with van der Waals surface area (Å²) >= 11 is 0. The van der Waals surface area contributed by atoms with E-state index in [2.05, 4.69) is 5.32 Å². The van der Waals surface area contributed by atoms with Gasteiger partial charge in [0.25, 0.3) is 5.91 Å². The van der Waals surface area contributed by atoms with E-state index in [-0.39, 0.29) is 18.6 Å². The Hall–Kier alpha value is -2.13. The van der Waals surface area contributed by atoms with E-state index in [0.29, 0.717) is 12.0 Å². The summed E-state index contributed by atoms with van der Waals surface area (Å²) in [5.74, 6) is -0.0742. The predicted molar refractivity (Wildman–Crippen MR) is 88.9 cm³/mol. The Morgan fingerprint density at radius 1 is 1.09 bits per heavy atom. The first-order chi connectivity index (χ1) is 10.6. The summed E-state index contributed by atoms with van der Waals surface area (Å²) in [6.07, 6.45) is 1.38. The smallest absolute Gasteiger partial charge is 0.251 e. The van der Waals surface area contributed by atoms with Crippen molar-refractivity contribution in [3.05, 3.63) is 70.8 Å². The van der Waals surface area contributed by atoms with Crippen LogP contribution in [0.3, 0.4) is 0 Å². The highest BCUT2D eigenvalue weighted by Crippen LogP contribution is 2.19. The Bertz CT molecular complexity index is 623. The van der Waals surface area contributed by atoms with Gasteiger partial charge in [0.05, 0.1) is 6.04 Å². The first kappa shape index (κ1) is 16.2. The quantitative estimate of drug-likeness (QED) is 0.856. The molecule has 22 heavy (non-hydrogen) atoms. The molecule has 0 aliphatic carbocycles. The average molecular weight is 297 g/mol. The molecule has 0 saturated carbocycles. The van der Waals surface area contributed by atoms with Crippen molar-refractivity contribution < 1.29 is 9.90 Å². The number of aryl methyl sites for hydroxylation is 2. The van der Waals surface area contributed by atoms with E-state index in [9.17, 15) is 4.79 Å². The monoisotopic (exact) mass is 297 g/mol. The number of hydrogen-bond acceptors (Lipinski definition) is 2. The second-order valence-electron chi connectivity index (χ2n) is 5.60. The molecular formula is C19H23NO2. The molecule has 0 heterocycles. The maximum atomic E-state index is 12.5. The van der Waals surface area contributed by atoms with Crippen LogP contribution in [0.4, 0.5) is 0 Å². The minimum atomic E-state index is -0.0811. The van der Waals surface area contributed by atoms with Crippen LogP contribution in [-0.2, 0) is 0 Å². The Morgan fingerprint density at radius 2 is 1.82 bits per heavy atom. The minimum absolute atomic E-state index is 0.0742. The maximum absolute atomic E-state index is 12.5. The molecule has 2 aromatic carbocycles. The standard InChI is InChI=1S/C19H23NO2/c1-14-10-11-17(13-15(14)2)19(22)20-18(9-6-12-21)16-7-4-3-5-8-16/h3-5,7-8,10-11,13,18,21H,6,9,12H2,1-2H3,(H,20,22). The van der Waals surface area contributed by atoms with E-state index in [4.69, 9.17) is 5.11 Å². The van der Waals surface area contributed by atoms with Crippen LogP contribution >= 0.6 is 0 Å². The third kappa shape index (κ3) is 4.18. The number of carbonyl (C=O) groups is 1. The number of aliphatic hydroxyl groups is 1. The fraction of sp³-hybridized carbons (Fsp3) is 0.316. The molecule has 0 fully saturated rings. The summed E-state index contributed by atoms with van der Waals surface area (Å²) < 4.78 is 0. The number of carbonyl (C=O) groups excluding carboxylic acids is 1. The molecule has 0 spiro atoms. The van der Waals surface area contributed by atoms with Gasteiger partial charge in [-0.3, -0.25) is 4.79 Å². The van der Waals surface area contributed by atoms with Crippen LogP contribution in [0.5, 0.6) is 0 Å². The lowest BCUT2D eigenvalue weighted by atomic mass is 10.0. The second kappa shape index (κ2) is 7.76. The Labute approximate surface area is 132 Å². The largest absolute Gasteiger partial charge is 0.396 e. The molecule has 2 N–H and O–H groups in total. The summed E-state index contributed by atoms with van der Waals surface area (Å²) in [5.41, 5.74) is 4.02. The van der Waals surface area contributed by atoms with Gasteiger partial charge in [0.15, 0.2) is 0 Å². The van der Waals surface area contributed by atoms with Crippen LogP contribution in [-0.4, -0.2) is 17.6 Å². The van der Waals surface area contributed by atoms with Crippen molar-refractivity contribution in [2.24, 2.45) is 0 Å². The highest BCUT2D eigenvalue weighted by molar-refractivity contribution is 5.94. The van der Waals surface area contributed by atoms with Gasteiger partial charge in [-0.1, -0.05) is 36.4 Å². The molecule has 0 aromatic heterocycles. The molecule has 1 atom stereocenters. The topological polar surface area (TPSA) is 49.3 Å². The van der Waals surface area contributed by atoms with Gasteiger partial charge in [-0.05, 0) is 55.5 Å². The van der Waals surface area contributed by atoms with Gasteiger partial charge in [0.2, 0.25) is 0 Å². The molecule has 2 rings (SSSR count). The van der Waals surface area contributed by atoms with Gasteiger partial charge in [-0.2, -0.15) is 0 Å². The van der Waals surface area contributed by atoms with Crippen LogP contribution in [0, 0.1) is 13.8 Å². The van der Waals surface area contributed by atoms with E-state index in [1.54, 1.807) is 0 Å². The fourth-order valence-electron chi connectivity index (χ4n) is 2.43. The molecular weight excluding hydrogens is 274 g/mol. The lowest BCUT2D eigenvalue weighted by molar-refractivity contribution is 0.0932. The van der Waals surface area contributed by atoms with Gasteiger partial charge in [0.1, 0.15) is 0 Å².